The van der Waals surface area contributed by atoms with Crippen LogP contribution in [0.5, 0.6) is 0 Å². The Kier molecular flexibility index (Phi) is 8.15. The maximum atomic E-state index is 10.8. The van der Waals surface area contributed by atoms with Gasteiger partial charge < -0.3 is 9.13 Å². The molecule has 0 saturated carbocycles. The number of fused-ring (bicyclic) bond motifs is 7. The minimum absolute atomic E-state index is 0.352. The summed E-state index contributed by atoms with van der Waals surface area (Å²) in [7, 11) is 0. The van der Waals surface area contributed by atoms with E-state index in [-0.39, 0.29) is 0 Å². The van der Waals surface area contributed by atoms with E-state index in [9.17, 15) is 10.5 Å². The quantitative estimate of drug-likeness (QED) is 0.169. The Hall–Kier alpha value is -8.58. The topological polar surface area (TPSA) is 83.2 Å². The summed E-state index contributed by atoms with van der Waals surface area (Å²) in [4.78, 5) is 9.89. The third-order valence-corrected chi connectivity index (χ3v) is 11.4. The maximum Gasteiger partial charge on any atom is 0.160 e. The molecule has 3 heterocycles. The lowest BCUT2D eigenvalue weighted by Gasteiger charge is -2.14. The molecule has 0 N–H and O–H groups in total. The van der Waals surface area contributed by atoms with Gasteiger partial charge in [-0.15, -0.1) is 0 Å². The second kappa shape index (κ2) is 14.1. The lowest BCUT2D eigenvalue weighted by atomic mass is 9.94. The van der Waals surface area contributed by atoms with E-state index < -0.39 is 0 Å². The molecule has 3 aromatic heterocycles. The standard InChI is InChI=1S/C54H32N6/c55-33-39-31-38(52-46(34-56)51(35-15-5-1-6-16-35)57-54(58-52)36-17-7-2-8-18-36)26-27-42(39)37-25-28-45-49(32-37)59(40-19-9-3-10-20-40)48-30-29-44-43-23-13-14-24-47(43)60(53(44)50(45)48)41-21-11-4-12-22-41/h1-32H. The molecule has 0 fully saturated rings. The first kappa shape index (κ1) is 34.7. The first-order chi connectivity index (χ1) is 29.7. The summed E-state index contributed by atoms with van der Waals surface area (Å²) >= 11 is 0. The van der Waals surface area contributed by atoms with Crippen LogP contribution in [0.15, 0.2) is 194 Å². The zero-order valence-corrected chi connectivity index (χ0v) is 32.2. The van der Waals surface area contributed by atoms with Crippen LogP contribution in [0.25, 0.3) is 100 Å². The molecule has 0 aliphatic heterocycles. The van der Waals surface area contributed by atoms with E-state index in [1.54, 1.807) is 0 Å². The zero-order valence-electron chi connectivity index (χ0n) is 32.2. The summed E-state index contributed by atoms with van der Waals surface area (Å²) in [6, 6.07) is 70.8. The van der Waals surface area contributed by atoms with Crippen LogP contribution in [0.2, 0.25) is 0 Å². The van der Waals surface area contributed by atoms with Crippen LogP contribution in [-0.4, -0.2) is 19.1 Å². The van der Waals surface area contributed by atoms with Crippen molar-refractivity contribution in [3.63, 3.8) is 0 Å². The molecule has 6 nitrogen and oxygen atoms in total. The zero-order chi connectivity index (χ0) is 40.2. The Labute approximate surface area is 345 Å². The van der Waals surface area contributed by atoms with Gasteiger partial charge in [-0.3, -0.25) is 0 Å². The van der Waals surface area contributed by atoms with E-state index in [1.807, 2.05) is 84.9 Å². The van der Waals surface area contributed by atoms with Crippen LogP contribution in [0.4, 0.5) is 0 Å². The predicted molar refractivity (Wildman–Crippen MR) is 242 cm³/mol. The van der Waals surface area contributed by atoms with Gasteiger partial charge in [-0.2, -0.15) is 10.5 Å². The average molecular weight is 765 g/mol. The van der Waals surface area contributed by atoms with Crippen LogP contribution in [0.3, 0.4) is 0 Å². The fourth-order valence-corrected chi connectivity index (χ4v) is 8.76. The number of rotatable bonds is 6. The Balaban J connectivity index is 1.14. The molecule has 6 heteroatoms. The van der Waals surface area contributed by atoms with E-state index in [1.165, 1.54) is 10.8 Å². The highest BCUT2D eigenvalue weighted by molar-refractivity contribution is 6.26. The lowest BCUT2D eigenvalue weighted by Crippen LogP contribution is -2.01. The molecule has 0 bridgehead atoms. The number of para-hydroxylation sites is 3. The van der Waals surface area contributed by atoms with Crippen molar-refractivity contribution in [2.24, 2.45) is 0 Å². The summed E-state index contributed by atoms with van der Waals surface area (Å²) in [6.45, 7) is 0. The van der Waals surface area contributed by atoms with Crippen molar-refractivity contribution < 1.29 is 0 Å². The third kappa shape index (κ3) is 5.48. The van der Waals surface area contributed by atoms with Gasteiger partial charge in [0, 0.05) is 49.6 Å². The molecule has 0 aliphatic carbocycles. The normalized spacial score (nSPS) is 11.3. The van der Waals surface area contributed by atoms with Gasteiger partial charge in [-0.05, 0) is 59.7 Å². The van der Waals surface area contributed by atoms with Gasteiger partial charge in [-0.1, -0.05) is 146 Å². The molecule has 0 aliphatic rings. The molecular formula is C54H32N6. The average Bonchev–Trinajstić information content (AvgIpc) is 3.84. The summed E-state index contributed by atoms with van der Waals surface area (Å²) in [5.74, 6) is 0.505. The highest BCUT2D eigenvalue weighted by Gasteiger charge is 2.23. The minimum atomic E-state index is 0.352. The molecule has 60 heavy (non-hydrogen) atoms. The molecule has 0 amide bonds. The van der Waals surface area contributed by atoms with Gasteiger partial charge in [-0.25, -0.2) is 9.97 Å². The molecule has 8 aromatic carbocycles. The highest BCUT2D eigenvalue weighted by Crippen LogP contribution is 2.43. The van der Waals surface area contributed by atoms with Crippen molar-refractivity contribution in [2.75, 3.05) is 0 Å². The van der Waals surface area contributed by atoms with Gasteiger partial charge >= 0.3 is 0 Å². The molecule has 0 spiro atoms. The number of nitrogens with zero attached hydrogens (tertiary/aromatic N) is 6. The Morgan fingerprint density at radius 1 is 0.400 bits per heavy atom. The SMILES string of the molecule is N#Cc1cc(-c2nc(-c3ccccc3)nc(-c3ccccc3)c2C#N)ccc1-c1ccc2c3c(ccc4c5ccccc5n(-c5ccccc5)c43)n(-c3ccccc3)c2c1. The van der Waals surface area contributed by atoms with Gasteiger partial charge in [0.25, 0.3) is 0 Å². The molecule has 0 saturated heterocycles. The van der Waals surface area contributed by atoms with Crippen LogP contribution in [-0.2, 0) is 0 Å². The Morgan fingerprint density at radius 2 is 0.983 bits per heavy atom. The first-order valence-corrected chi connectivity index (χ1v) is 19.8. The molecule has 11 aromatic rings. The summed E-state index contributed by atoms with van der Waals surface area (Å²) < 4.78 is 4.72. The van der Waals surface area contributed by atoms with Crippen LogP contribution in [0.1, 0.15) is 11.1 Å². The number of hydrogen-bond donors (Lipinski definition) is 0. The summed E-state index contributed by atoms with van der Waals surface area (Å²) in [5, 5.41) is 26.0. The van der Waals surface area contributed by atoms with Crippen LogP contribution < -0.4 is 0 Å². The van der Waals surface area contributed by atoms with Gasteiger partial charge in [0.1, 0.15) is 11.6 Å². The highest BCUT2D eigenvalue weighted by atomic mass is 15.0. The van der Waals surface area contributed by atoms with Gasteiger partial charge in [0.05, 0.1) is 45.1 Å². The monoisotopic (exact) mass is 764 g/mol. The van der Waals surface area contributed by atoms with E-state index in [4.69, 9.17) is 9.97 Å². The second-order valence-corrected chi connectivity index (χ2v) is 14.8. The maximum absolute atomic E-state index is 10.8. The molecule has 0 atom stereocenters. The van der Waals surface area contributed by atoms with E-state index in [0.717, 1.165) is 66.5 Å². The summed E-state index contributed by atoms with van der Waals surface area (Å²) in [5.41, 5.74) is 12.4. The fraction of sp³-hybridized carbons (Fsp3) is 0. The largest absolute Gasteiger partial charge is 0.309 e. The molecule has 0 unspecified atom stereocenters. The fourth-order valence-electron chi connectivity index (χ4n) is 8.76. The van der Waals surface area contributed by atoms with Crippen LogP contribution in [0, 0.1) is 22.7 Å². The Morgan fingerprint density at radius 3 is 1.67 bits per heavy atom. The summed E-state index contributed by atoms with van der Waals surface area (Å²) in [6.07, 6.45) is 0. The van der Waals surface area contributed by atoms with E-state index in [0.29, 0.717) is 33.9 Å². The third-order valence-electron chi connectivity index (χ3n) is 11.4. The van der Waals surface area contributed by atoms with Crippen molar-refractivity contribution in [1.82, 2.24) is 19.1 Å². The molecular weight excluding hydrogens is 733 g/mol. The number of aromatic nitrogens is 4. The molecule has 0 radical (unpaired) electrons. The number of benzene rings is 8. The van der Waals surface area contributed by atoms with Gasteiger partial charge in [0.15, 0.2) is 5.82 Å². The first-order valence-electron chi connectivity index (χ1n) is 19.8. The minimum Gasteiger partial charge on any atom is -0.309 e. The van der Waals surface area contributed by atoms with E-state index >= 15 is 0 Å². The van der Waals surface area contributed by atoms with Crippen molar-refractivity contribution in [1.29, 1.82) is 10.5 Å². The van der Waals surface area contributed by atoms with Gasteiger partial charge in [0.2, 0.25) is 0 Å². The van der Waals surface area contributed by atoms with Crippen molar-refractivity contribution >= 4 is 43.6 Å². The van der Waals surface area contributed by atoms with Crippen molar-refractivity contribution in [3.05, 3.63) is 205 Å². The number of nitriles is 2. The van der Waals surface area contributed by atoms with E-state index in [2.05, 4.69) is 130 Å². The predicted octanol–water partition coefficient (Wildman–Crippen LogP) is 13.1. The van der Waals surface area contributed by atoms with Crippen molar-refractivity contribution in [3.8, 4) is 68.5 Å². The molecule has 278 valence electrons. The Bertz CT molecular complexity index is 3540. The lowest BCUT2D eigenvalue weighted by molar-refractivity contribution is 1.17. The van der Waals surface area contributed by atoms with Crippen molar-refractivity contribution in [2.45, 2.75) is 0 Å². The van der Waals surface area contributed by atoms with Crippen LogP contribution >= 0.6 is 0 Å². The molecule has 11 rings (SSSR count). The smallest absolute Gasteiger partial charge is 0.160 e. The second-order valence-electron chi connectivity index (χ2n) is 14.8. The number of hydrogen-bond acceptors (Lipinski definition) is 4.